The van der Waals surface area contributed by atoms with Crippen molar-refractivity contribution in [1.29, 1.82) is 0 Å². The molecule has 2 atom stereocenters. The van der Waals surface area contributed by atoms with Gasteiger partial charge < -0.3 is 20.4 Å². The van der Waals surface area contributed by atoms with Gasteiger partial charge in [0.1, 0.15) is 0 Å². The number of nitrogens with zero attached hydrogens (tertiary/aromatic N) is 1. The molecule has 0 aromatic rings. The zero-order valence-electron chi connectivity index (χ0n) is 10.5. The lowest BCUT2D eigenvalue weighted by atomic mass is 10.1. The van der Waals surface area contributed by atoms with Gasteiger partial charge in [-0.3, -0.25) is 4.79 Å². The van der Waals surface area contributed by atoms with Crippen molar-refractivity contribution < 1.29 is 19.8 Å². The maximum Gasteiger partial charge on any atom is 0.317 e. The molecule has 2 unspecified atom stereocenters. The lowest BCUT2D eigenvalue weighted by molar-refractivity contribution is -0.140. The second kappa shape index (κ2) is 7.00. The van der Waals surface area contributed by atoms with Crippen LogP contribution in [-0.4, -0.2) is 52.9 Å². The van der Waals surface area contributed by atoms with Crippen LogP contribution in [0.3, 0.4) is 0 Å². The normalized spacial score (nSPS) is 21.9. The topological polar surface area (TPSA) is 89.9 Å². The van der Waals surface area contributed by atoms with E-state index in [1.54, 1.807) is 17.1 Å². The molecule has 0 heterocycles. The molecule has 102 valence electrons. The average molecular weight is 256 g/mol. The fourth-order valence-corrected chi connectivity index (χ4v) is 1.90. The molecule has 1 aliphatic rings. The number of rotatable bonds is 6. The molecule has 0 bridgehead atoms. The number of carboxylic acid groups (broad SMARTS) is 1. The summed E-state index contributed by atoms with van der Waals surface area (Å²) in [5.41, 5.74) is 0. The summed E-state index contributed by atoms with van der Waals surface area (Å²) < 4.78 is 0. The largest absolute Gasteiger partial charge is 0.481 e. The monoisotopic (exact) mass is 256 g/mol. The SMILES string of the molecule is CCN(CCCO)C(=O)NC1C=CC(C(=O)O)C1. The molecule has 2 amide bonds. The van der Waals surface area contributed by atoms with Crippen molar-refractivity contribution in [2.45, 2.75) is 25.8 Å². The summed E-state index contributed by atoms with van der Waals surface area (Å²) in [6.07, 6.45) is 4.27. The van der Waals surface area contributed by atoms with E-state index in [1.165, 1.54) is 0 Å². The van der Waals surface area contributed by atoms with Crippen molar-refractivity contribution in [3.63, 3.8) is 0 Å². The number of urea groups is 1. The van der Waals surface area contributed by atoms with E-state index >= 15 is 0 Å². The number of hydrogen-bond acceptors (Lipinski definition) is 3. The summed E-state index contributed by atoms with van der Waals surface area (Å²) in [6.45, 7) is 2.97. The Hall–Kier alpha value is -1.56. The number of aliphatic hydroxyl groups is 1. The van der Waals surface area contributed by atoms with Crippen LogP contribution in [0.25, 0.3) is 0 Å². The first-order valence-corrected chi connectivity index (χ1v) is 6.16. The Morgan fingerprint density at radius 2 is 2.17 bits per heavy atom. The molecule has 18 heavy (non-hydrogen) atoms. The lowest BCUT2D eigenvalue weighted by Crippen LogP contribution is -2.44. The van der Waals surface area contributed by atoms with E-state index < -0.39 is 11.9 Å². The minimum Gasteiger partial charge on any atom is -0.481 e. The minimum atomic E-state index is -0.865. The average Bonchev–Trinajstić information content (AvgIpc) is 2.78. The van der Waals surface area contributed by atoms with Crippen LogP contribution in [0.15, 0.2) is 12.2 Å². The van der Waals surface area contributed by atoms with Crippen molar-refractivity contribution in [3.05, 3.63) is 12.2 Å². The number of aliphatic carboxylic acids is 1. The second-order valence-corrected chi connectivity index (χ2v) is 4.28. The molecule has 6 nitrogen and oxygen atoms in total. The van der Waals surface area contributed by atoms with E-state index in [2.05, 4.69) is 5.32 Å². The molecule has 0 saturated heterocycles. The standard InChI is InChI=1S/C12H20N2O4/c1-2-14(6-3-7-15)12(18)13-10-5-4-9(8-10)11(16)17/h4-5,9-10,15H,2-3,6-8H2,1H3,(H,13,18)(H,16,17). The highest BCUT2D eigenvalue weighted by atomic mass is 16.4. The van der Waals surface area contributed by atoms with E-state index in [1.807, 2.05) is 6.92 Å². The maximum absolute atomic E-state index is 11.9. The Morgan fingerprint density at radius 3 is 2.67 bits per heavy atom. The third-order valence-electron chi connectivity index (χ3n) is 2.96. The van der Waals surface area contributed by atoms with Gasteiger partial charge in [-0.2, -0.15) is 0 Å². The Kier molecular flexibility index (Phi) is 5.64. The van der Waals surface area contributed by atoms with Crippen molar-refractivity contribution in [1.82, 2.24) is 10.2 Å². The van der Waals surface area contributed by atoms with E-state index in [9.17, 15) is 9.59 Å². The van der Waals surface area contributed by atoms with Gasteiger partial charge in [0, 0.05) is 19.7 Å². The van der Waals surface area contributed by atoms with Crippen LogP contribution in [0.5, 0.6) is 0 Å². The number of amides is 2. The van der Waals surface area contributed by atoms with E-state index in [4.69, 9.17) is 10.2 Å². The smallest absolute Gasteiger partial charge is 0.317 e. The fourth-order valence-electron chi connectivity index (χ4n) is 1.90. The Bertz CT molecular complexity index is 330. The Labute approximate surface area is 106 Å². The van der Waals surface area contributed by atoms with Crippen LogP contribution in [-0.2, 0) is 4.79 Å². The molecule has 0 radical (unpaired) electrons. The summed E-state index contributed by atoms with van der Waals surface area (Å²) in [5.74, 6) is -1.38. The number of aliphatic hydroxyl groups excluding tert-OH is 1. The second-order valence-electron chi connectivity index (χ2n) is 4.28. The summed E-state index contributed by atoms with van der Waals surface area (Å²) in [7, 11) is 0. The van der Waals surface area contributed by atoms with E-state index in [-0.39, 0.29) is 18.7 Å². The molecule has 1 aliphatic carbocycles. The molecular formula is C12H20N2O4. The quantitative estimate of drug-likeness (QED) is 0.601. The maximum atomic E-state index is 11.9. The molecule has 6 heteroatoms. The molecule has 3 N–H and O–H groups in total. The molecule has 0 aromatic carbocycles. The van der Waals surface area contributed by atoms with Crippen LogP contribution >= 0.6 is 0 Å². The van der Waals surface area contributed by atoms with Crippen LogP contribution in [0, 0.1) is 5.92 Å². The zero-order chi connectivity index (χ0) is 13.5. The predicted octanol–water partition coefficient (Wildman–Crippen LogP) is 0.430. The van der Waals surface area contributed by atoms with Gasteiger partial charge >= 0.3 is 12.0 Å². The van der Waals surface area contributed by atoms with Gasteiger partial charge in [-0.05, 0) is 19.8 Å². The molecule has 0 fully saturated rings. The highest BCUT2D eigenvalue weighted by Gasteiger charge is 2.26. The lowest BCUT2D eigenvalue weighted by Gasteiger charge is -2.23. The molecule has 0 aromatic heterocycles. The van der Waals surface area contributed by atoms with Gasteiger partial charge in [0.25, 0.3) is 0 Å². The van der Waals surface area contributed by atoms with E-state index in [0.717, 1.165) is 0 Å². The van der Waals surface area contributed by atoms with Gasteiger partial charge in [-0.15, -0.1) is 0 Å². The summed E-state index contributed by atoms with van der Waals surface area (Å²) in [4.78, 5) is 24.2. The van der Waals surface area contributed by atoms with Gasteiger partial charge in [0.05, 0.1) is 12.0 Å². The summed E-state index contributed by atoms with van der Waals surface area (Å²) >= 11 is 0. The third kappa shape index (κ3) is 4.03. The molecule has 0 aliphatic heterocycles. The first-order valence-electron chi connectivity index (χ1n) is 6.16. The summed E-state index contributed by atoms with van der Waals surface area (Å²) in [6, 6.07) is -0.437. The van der Waals surface area contributed by atoms with Gasteiger partial charge in [0.15, 0.2) is 0 Å². The fraction of sp³-hybridized carbons (Fsp3) is 0.667. The van der Waals surface area contributed by atoms with Gasteiger partial charge in [0.2, 0.25) is 0 Å². The highest BCUT2D eigenvalue weighted by Crippen LogP contribution is 2.18. The van der Waals surface area contributed by atoms with Gasteiger partial charge in [-0.25, -0.2) is 4.79 Å². The zero-order valence-corrected chi connectivity index (χ0v) is 10.5. The first-order chi connectivity index (χ1) is 8.58. The van der Waals surface area contributed by atoms with Crippen molar-refractivity contribution >= 4 is 12.0 Å². The molecule has 0 spiro atoms. The summed E-state index contributed by atoms with van der Waals surface area (Å²) in [5, 5.41) is 20.4. The van der Waals surface area contributed by atoms with E-state index in [0.29, 0.717) is 25.9 Å². The van der Waals surface area contributed by atoms with Gasteiger partial charge in [-0.1, -0.05) is 12.2 Å². The molecule has 1 rings (SSSR count). The number of carbonyl (C=O) groups is 2. The predicted molar refractivity (Wildman–Crippen MR) is 66.2 cm³/mol. The molecule has 0 saturated carbocycles. The van der Waals surface area contributed by atoms with Crippen LogP contribution in [0.4, 0.5) is 4.79 Å². The number of carbonyl (C=O) groups excluding carboxylic acids is 1. The van der Waals surface area contributed by atoms with Crippen LogP contribution < -0.4 is 5.32 Å². The van der Waals surface area contributed by atoms with Crippen LogP contribution in [0.2, 0.25) is 0 Å². The number of carboxylic acids is 1. The Balaban J connectivity index is 2.40. The van der Waals surface area contributed by atoms with Crippen molar-refractivity contribution in [2.75, 3.05) is 19.7 Å². The number of nitrogens with one attached hydrogen (secondary N) is 1. The minimum absolute atomic E-state index is 0.0498. The third-order valence-corrected chi connectivity index (χ3v) is 2.96. The van der Waals surface area contributed by atoms with Crippen molar-refractivity contribution in [2.24, 2.45) is 5.92 Å². The number of hydrogen-bond donors (Lipinski definition) is 3. The molecular weight excluding hydrogens is 236 g/mol. The highest BCUT2D eigenvalue weighted by molar-refractivity contribution is 5.76. The van der Waals surface area contributed by atoms with Crippen molar-refractivity contribution in [3.8, 4) is 0 Å². The first kappa shape index (κ1) is 14.5. The van der Waals surface area contributed by atoms with Crippen LogP contribution in [0.1, 0.15) is 19.8 Å². The Morgan fingerprint density at radius 1 is 1.44 bits per heavy atom.